The zero-order valence-corrected chi connectivity index (χ0v) is 18.6. The van der Waals surface area contributed by atoms with Crippen molar-refractivity contribution in [3.8, 4) is 5.75 Å². The first-order valence-electron chi connectivity index (χ1n) is 10.5. The maximum Gasteiger partial charge on any atom is 0.232 e. The fourth-order valence-corrected chi connectivity index (χ4v) is 2.99. The molecule has 0 radical (unpaired) electrons. The highest BCUT2D eigenvalue weighted by atomic mass is 16.5. The van der Waals surface area contributed by atoms with Crippen LogP contribution in [0.1, 0.15) is 57.0 Å². The summed E-state index contributed by atoms with van der Waals surface area (Å²) < 4.78 is 17.0. The molecule has 1 aliphatic heterocycles. The molecule has 1 aromatic heterocycles. The second kappa shape index (κ2) is 9.93. The fourth-order valence-electron chi connectivity index (χ4n) is 2.99. The average molecular weight is 416 g/mol. The molecule has 0 amide bonds. The molecule has 1 fully saturated rings. The van der Waals surface area contributed by atoms with Crippen molar-refractivity contribution in [1.82, 2.24) is 20.8 Å². The van der Waals surface area contributed by atoms with Crippen molar-refractivity contribution >= 4 is 5.96 Å². The zero-order valence-electron chi connectivity index (χ0n) is 18.6. The Morgan fingerprint density at radius 2 is 2.13 bits per heavy atom. The Labute approximate surface area is 178 Å². The second-order valence-corrected chi connectivity index (χ2v) is 8.53. The molecule has 30 heavy (non-hydrogen) atoms. The number of rotatable bonds is 7. The number of nitrogens with one attached hydrogen (secondary N) is 2. The topological polar surface area (TPSA) is 93.8 Å². The number of benzene rings is 1. The van der Waals surface area contributed by atoms with Crippen LogP contribution in [0.5, 0.6) is 5.75 Å². The zero-order chi connectivity index (χ0) is 21.6. The van der Waals surface area contributed by atoms with E-state index in [2.05, 4.69) is 45.9 Å². The normalized spacial score (nSPS) is 17.2. The van der Waals surface area contributed by atoms with Gasteiger partial charge in [0.1, 0.15) is 11.9 Å². The van der Waals surface area contributed by atoms with Gasteiger partial charge in [-0.1, -0.05) is 38.1 Å². The Bertz CT molecular complexity index is 851. The molecule has 164 valence electrons. The van der Waals surface area contributed by atoms with E-state index in [1.54, 1.807) is 0 Å². The van der Waals surface area contributed by atoms with Gasteiger partial charge in [0, 0.05) is 23.9 Å². The summed E-state index contributed by atoms with van der Waals surface area (Å²) in [4.78, 5) is 9.17. The number of hydrogen-bond donors (Lipinski definition) is 2. The molecule has 0 bridgehead atoms. The van der Waals surface area contributed by atoms with E-state index in [1.807, 2.05) is 27.7 Å². The van der Waals surface area contributed by atoms with Gasteiger partial charge in [0.05, 0.1) is 26.3 Å². The number of hydrogen-bond acceptors (Lipinski definition) is 6. The van der Waals surface area contributed by atoms with Crippen molar-refractivity contribution in [2.24, 2.45) is 4.99 Å². The molecule has 2 N–H and O–H groups in total. The van der Waals surface area contributed by atoms with Crippen molar-refractivity contribution in [1.29, 1.82) is 0 Å². The van der Waals surface area contributed by atoms with Crippen LogP contribution < -0.4 is 15.4 Å². The van der Waals surface area contributed by atoms with Gasteiger partial charge in [0.2, 0.25) is 5.89 Å². The standard InChI is InChI=1S/C22H33N5O3/c1-6-23-21(25-13-19-26-20(30-27-19)22(3,4)5)24-12-16-8-7-15(2)11-18(16)29-17-9-10-28-14-17/h7-8,11,17H,6,9-10,12-14H2,1-5H3,(H2,23,24,25). The summed E-state index contributed by atoms with van der Waals surface area (Å²) in [5.41, 5.74) is 2.03. The van der Waals surface area contributed by atoms with Crippen LogP contribution in [-0.2, 0) is 23.2 Å². The maximum atomic E-state index is 6.18. The Balaban J connectivity index is 1.66. The van der Waals surface area contributed by atoms with Crippen LogP contribution in [-0.4, -0.2) is 42.0 Å². The van der Waals surface area contributed by atoms with Gasteiger partial charge >= 0.3 is 0 Å². The first-order chi connectivity index (χ1) is 14.3. The third kappa shape index (κ3) is 6.19. The number of ether oxygens (including phenoxy) is 2. The summed E-state index contributed by atoms with van der Waals surface area (Å²) in [7, 11) is 0. The minimum Gasteiger partial charge on any atom is -0.488 e. The molecular formula is C22H33N5O3. The highest BCUT2D eigenvalue weighted by molar-refractivity contribution is 5.79. The molecule has 0 aliphatic carbocycles. The average Bonchev–Trinajstić information content (AvgIpc) is 3.37. The van der Waals surface area contributed by atoms with Crippen LogP contribution in [0.15, 0.2) is 27.7 Å². The monoisotopic (exact) mass is 415 g/mol. The van der Waals surface area contributed by atoms with Crippen LogP contribution in [0.3, 0.4) is 0 Å². The molecule has 1 atom stereocenters. The number of guanidine groups is 1. The van der Waals surface area contributed by atoms with E-state index in [4.69, 9.17) is 19.0 Å². The van der Waals surface area contributed by atoms with Gasteiger partial charge in [0.15, 0.2) is 11.8 Å². The number of nitrogens with zero attached hydrogens (tertiary/aromatic N) is 3. The predicted octanol–water partition coefficient (Wildman–Crippen LogP) is 3.10. The van der Waals surface area contributed by atoms with Crippen LogP contribution in [0.2, 0.25) is 0 Å². The summed E-state index contributed by atoms with van der Waals surface area (Å²) in [6, 6.07) is 6.22. The Kier molecular flexibility index (Phi) is 7.31. The third-order valence-corrected chi connectivity index (χ3v) is 4.68. The lowest BCUT2D eigenvalue weighted by Gasteiger charge is -2.16. The molecule has 0 spiro atoms. The van der Waals surface area contributed by atoms with Crippen molar-refractivity contribution < 1.29 is 14.0 Å². The summed E-state index contributed by atoms with van der Waals surface area (Å²) in [6.45, 7) is 13.3. The minimum atomic E-state index is -0.171. The van der Waals surface area contributed by atoms with E-state index in [0.29, 0.717) is 37.4 Å². The molecule has 8 nitrogen and oxygen atoms in total. The van der Waals surface area contributed by atoms with Gasteiger partial charge < -0.3 is 24.6 Å². The molecule has 0 saturated carbocycles. The fraction of sp³-hybridized carbons (Fsp3) is 0.591. The Morgan fingerprint density at radius 3 is 2.80 bits per heavy atom. The van der Waals surface area contributed by atoms with Crippen molar-refractivity contribution in [2.75, 3.05) is 19.8 Å². The second-order valence-electron chi connectivity index (χ2n) is 8.53. The van der Waals surface area contributed by atoms with E-state index < -0.39 is 0 Å². The van der Waals surface area contributed by atoms with Crippen LogP contribution in [0.25, 0.3) is 0 Å². The smallest absolute Gasteiger partial charge is 0.232 e. The molecule has 3 rings (SSSR count). The van der Waals surface area contributed by atoms with E-state index in [-0.39, 0.29) is 11.5 Å². The van der Waals surface area contributed by atoms with Gasteiger partial charge in [0.25, 0.3) is 0 Å². The SMILES string of the molecule is CCNC(=NCc1ccc(C)cc1OC1CCOC1)NCc1noc(C(C)(C)C)n1. The molecular weight excluding hydrogens is 382 g/mol. The van der Waals surface area contributed by atoms with E-state index in [0.717, 1.165) is 36.4 Å². The lowest BCUT2D eigenvalue weighted by molar-refractivity contribution is 0.140. The summed E-state index contributed by atoms with van der Waals surface area (Å²) >= 11 is 0. The lowest BCUT2D eigenvalue weighted by atomic mass is 9.97. The first kappa shape index (κ1) is 22.1. The predicted molar refractivity (Wildman–Crippen MR) is 116 cm³/mol. The number of aryl methyl sites for hydroxylation is 1. The van der Waals surface area contributed by atoms with Crippen molar-refractivity contribution in [3.05, 3.63) is 41.0 Å². The third-order valence-electron chi connectivity index (χ3n) is 4.68. The molecule has 1 aliphatic rings. The summed E-state index contributed by atoms with van der Waals surface area (Å²) in [5, 5.41) is 10.6. The van der Waals surface area contributed by atoms with E-state index in [1.165, 1.54) is 0 Å². The lowest BCUT2D eigenvalue weighted by Crippen LogP contribution is -2.37. The Morgan fingerprint density at radius 1 is 1.30 bits per heavy atom. The highest BCUT2D eigenvalue weighted by Crippen LogP contribution is 2.24. The van der Waals surface area contributed by atoms with Gasteiger partial charge in [-0.25, -0.2) is 4.99 Å². The molecule has 1 unspecified atom stereocenters. The highest BCUT2D eigenvalue weighted by Gasteiger charge is 2.22. The number of aliphatic imine (C=N–C) groups is 1. The summed E-state index contributed by atoms with van der Waals surface area (Å²) in [5.74, 6) is 2.79. The molecule has 8 heteroatoms. The van der Waals surface area contributed by atoms with Crippen LogP contribution >= 0.6 is 0 Å². The quantitative estimate of drug-likeness (QED) is 0.530. The first-order valence-corrected chi connectivity index (χ1v) is 10.5. The molecule has 2 heterocycles. The van der Waals surface area contributed by atoms with Crippen molar-refractivity contribution in [3.63, 3.8) is 0 Å². The van der Waals surface area contributed by atoms with Gasteiger partial charge in [-0.2, -0.15) is 4.98 Å². The van der Waals surface area contributed by atoms with Crippen LogP contribution in [0.4, 0.5) is 0 Å². The maximum absolute atomic E-state index is 6.18. The van der Waals surface area contributed by atoms with Gasteiger partial charge in [-0.3, -0.25) is 0 Å². The Hall–Kier alpha value is -2.61. The number of aromatic nitrogens is 2. The van der Waals surface area contributed by atoms with Gasteiger partial charge in [-0.05, 0) is 25.5 Å². The summed E-state index contributed by atoms with van der Waals surface area (Å²) in [6.07, 6.45) is 1.03. The van der Waals surface area contributed by atoms with Crippen LogP contribution in [0, 0.1) is 6.92 Å². The molecule has 2 aromatic rings. The van der Waals surface area contributed by atoms with E-state index >= 15 is 0 Å². The van der Waals surface area contributed by atoms with Crippen molar-refractivity contribution in [2.45, 2.75) is 65.6 Å². The molecule has 1 aromatic carbocycles. The van der Waals surface area contributed by atoms with E-state index in [9.17, 15) is 0 Å². The largest absolute Gasteiger partial charge is 0.488 e. The minimum absolute atomic E-state index is 0.108. The van der Waals surface area contributed by atoms with Gasteiger partial charge in [-0.15, -0.1) is 0 Å². The molecule has 1 saturated heterocycles.